The Morgan fingerprint density at radius 1 is 1.57 bits per heavy atom. The molecule has 0 bridgehead atoms. The molecule has 0 amide bonds. The molecule has 14 heavy (non-hydrogen) atoms. The van der Waals surface area contributed by atoms with Gasteiger partial charge in [-0.05, 0) is 21.0 Å². The molecule has 1 aromatic heterocycles. The topological polar surface area (TPSA) is 66.0 Å². The summed E-state index contributed by atoms with van der Waals surface area (Å²) in [6, 6.07) is 2.13. The van der Waals surface area contributed by atoms with E-state index in [0.717, 1.165) is 0 Å². The van der Waals surface area contributed by atoms with Crippen LogP contribution in [-0.2, 0) is 13.0 Å². The lowest BCUT2D eigenvalue weighted by atomic mass is 10.1. The molecule has 0 aliphatic heterocycles. The second-order valence-electron chi connectivity index (χ2n) is 3.58. The van der Waals surface area contributed by atoms with Gasteiger partial charge in [0, 0.05) is 6.42 Å². The van der Waals surface area contributed by atoms with E-state index in [2.05, 4.69) is 16.2 Å². The fraction of sp³-hybridized carbons (Fsp3) is 0.667. The number of hydrogen-bond acceptors (Lipinski definition) is 5. The number of rotatable bonds is 4. The van der Waals surface area contributed by atoms with E-state index >= 15 is 0 Å². The molecule has 0 radical (unpaired) electrons. The minimum Gasteiger partial charge on any atom is -0.339 e. The Morgan fingerprint density at radius 3 is 2.86 bits per heavy atom. The summed E-state index contributed by atoms with van der Waals surface area (Å²) in [5, 5.41) is 12.4. The molecule has 1 rings (SSSR count). The van der Waals surface area contributed by atoms with Crippen LogP contribution in [0.3, 0.4) is 0 Å². The Bertz CT molecular complexity index is 326. The van der Waals surface area contributed by atoms with Gasteiger partial charge in [0.05, 0.1) is 18.5 Å². The first-order valence-electron chi connectivity index (χ1n) is 4.47. The highest BCUT2D eigenvalue weighted by atomic mass is 16.5. The Balaban J connectivity index is 2.56. The van der Waals surface area contributed by atoms with Gasteiger partial charge in [-0.2, -0.15) is 10.2 Å². The van der Waals surface area contributed by atoms with Gasteiger partial charge >= 0.3 is 0 Å². The predicted octanol–water partition coefficient (Wildman–Crippen LogP) is 0.833. The van der Waals surface area contributed by atoms with Crippen molar-refractivity contribution in [2.45, 2.75) is 19.9 Å². The minimum atomic E-state index is -0.0809. The molecular formula is C9H14N4O. The van der Waals surface area contributed by atoms with Gasteiger partial charge in [-0.15, -0.1) is 0 Å². The summed E-state index contributed by atoms with van der Waals surface area (Å²) in [6.07, 6.45) is 0.525. The summed E-state index contributed by atoms with van der Waals surface area (Å²) in [4.78, 5) is 6.13. The molecule has 1 atom stereocenters. The van der Waals surface area contributed by atoms with Crippen molar-refractivity contribution in [3.63, 3.8) is 0 Å². The zero-order chi connectivity index (χ0) is 10.6. The van der Waals surface area contributed by atoms with Gasteiger partial charge in [0.1, 0.15) is 0 Å². The highest BCUT2D eigenvalue weighted by molar-refractivity contribution is 4.91. The van der Waals surface area contributed by atoms with Crippen LogP contribution in [0.1, 0.15) is 18.6 Å². The van der Waals surface area contributed by atoms with Crippen LogP contribution in [0.4, 0.5) is 0 Å². The maximum absolute atomic E-state index is 8.60. The van der Waals surface area contributed by atoms with Gasteiger partial charge in [0.25, 0.3) is 0 Å². The van der Waals surface area contributed by atoms with E-state index < -0.39 is 0 Å². The molecule has 0 spiro atoms. The van der Waals surface area contributed by atoms with E-state index in [-0.39, 0.29) is 5.92 Å². The molecule has 0 saturated heterocycles. The fourth-order valence-electron chi connectivity index (χ4n) is 1.03. The molecule has 0 aliphatic rings. The van der Waals surface area contributed by atoms with Crippen molar-refractivity contribution >= 4 is 0 Å². The molecule has 1 unspecified atom stereocenters. The second kappa shape index (κ2) is 4.72. The van der Waals surface area contributed by atoms with E-state index in [9.17, 15) is 0 Å². The third kappa shape index (κ3) is 3.15. The van der Waals surface area contributed by atoms with Crippen molar-refractivity contribution in [2.75, 3.05) is 14.1 Å². The van der Waals surface area contributed by atoms with Gasteiger partial charge < -0.3 is 9.42 Å². The minimum absolute atomic E-state index is 0.0809. The maximum atomic E-state index is 8.60. The Hall–Kier alpha value is -1.41. The van der Waals surface area contributed by atoms with E-state index in [4.69, 9.17) is 9.78 Å². The van der Waals surface area contributed by atoms with Crippen molar-refractivity contribution in [2.24, 2.45) is 5.92 Å². The molecule has 5 nitrogen and oxygen atoms in total. The number of nitrogens with zero attached hydrogens (tertiary/aromatic N) is 4. The van der Waals surface area contributed by atoms with Crippen LogP contribution in [0.25, 0.3) is 0 Å². The van der Waals surface area contributed by atoms with E-state index in [1.54, 1.807) is 0 Å². The lowest BCUT2D eigenvalue weighted by Crippen LogP contribution is -2.11. The molecule has 0 fully saturated rings. The summed E-state index contributed by atoms with van der Waals surface area (Å²) in [5.41, 5.74) is 0. The molecule has 76 valence electrons. The van der Waals surface area contributed by atoms with Gasteiger partial charge in [-0.25, -0.2) is 0 Å². The zero-order valence-corrected chi connectivity index (χ0v) is 8.69. The van der Waals surface area contributed by atoms with Crippen LogP contribution in [0.2, 0.25) is 0 Å². The monoisotopic (exact) mass is 194 g/mol. The van der Waals surface area contributed by atoms with E-state index in [1.165, 1.54) is 0 Å². The van der Waals surface area contributed by atoms with Crippen molar-refractivity contribution in [1.29, 1.82) is 5.26 Å². The summed E-state index contributed by atoms with van der Waals surface area (Å²) < 4.78 is 5.00. The van der Waals surface area contributed by atoms with Crippen LogP contribution >= 0.6 is 0 Å². The lowest BCUT2D eigenvalue weighted by Gasteiger charge is -2.03. The number of nitriles is 1. The lowest BCUT2D eigenvalue weighted by molar-refractivity contribution is 0.345. The summed E-state index contributed by atoms with van der Waals surface area (Å²) in [5.74, 6) is 1.12. The Labute approximate surface area is 83.3 Å². The van der Waals surface area contributed by atoms with Gasteiger partial charge in [-0.3, -0.25) is 0 Å². The second-order valence-corrected chi connectivity index (χ2v) is 3.58. The van der Waals surface area contributed by atoms with Crippen molar-refractivity contribution in [3.05, 3.63) is 11.7 Å². The van der Waals surface area contributed by atoms with Gasteiger partial charge in [0.15, 0.2) is 5.82 Å². The Morgan fingerprint density at radius 2 is 2.29 bits per heavy atom. The number of aromatic nitrogens is 2. The average Bonchev–Trinajstić information content (AvgIpc) is 2.51. The smallest absolute Gasteiger partial charge is 0.228 e. The van der Waals surface area contributed by atoms with Gasteiger partial charge in [0.2, 0.25) is 5.89 Å². The van der Waals surface area contributed by atoms with Crippen molar-refractivity contribution in [1.82, 2.24) is 15.0 Å². The van der Waals surface area contributed by atoms with Crippen LogP contribution in [0.5, 0.6) is 0 Å². The molecule has 0 N–H and O–H groups in total. The van der Waals surface area contributed by atoms with E-state index in [0.29, 0.717) is 24.7 Å². The molecule has 1 aromatic rings. The maximum Gasteiger partial charge on any atom is 0.228 e. The highest BCUT2D eigenvalue weighted by Crippen LogP contribution is 2.06. The number of hydrogen-bond donors (Lipinski definition) is 0. The van der Waals surface area contributed by atoms with Crippen LogP contribution in [0.15, 0.2) is 4.52 Å². The summed E-state index contributed by atoms with van der Waals surface area (Å²) >= 11 is 0. The predicted molar refractivity (Wildman–Crippen MR) is 50.2 cm³/mol. The zero-order valence-electron chi connectivity index (χ0n) is 8.69. The molecule has 1 heterocycles. The van der Waals surface area contributed by atoms with Crippen molar-refractivity contribution in [3.8, 4) is 6.07 Å². The Kier molecular flexibility index (Phi) is 3.60. The van der Waals surface area contributed by atoms with Crippen LogP contribution in [-0.4, -0.2) is 29.1 Å². The highest BCUT2D eigenvalue weighted by Gasteiger charge is 2.10. The van der Waals surface area contributed by atoms with E-state index in [1.807, 2.05) is 25.9 Å². The van der Waals surface area contributed by atoms with Gasteiger partial charge in [-0.1, -0.05) is 5.16 Å². The average molecular weight is 194 g/mol. The first kappa shape index (κ1) is 10.7. The standard InChI is InChI=1S/C9H14N4O/c1-7(5-10)4-9-11-8(12-14-9)6-13(2)3/h7H,4,6H2,1-3H3. The molecule has 5 heteroatoms. The van der Waals surface area contributed by atoms with Crippen LogP contribution < -0.4 is 0 Å². The van der Waals surface area contributed by atoms with Crippen LogP contribution in [0, 0.1) is 17.2 Å². The molecule has 0 aliphatic carbocycles. The third-order valence-electron chi connectivity index (χ3n) is 1.67. The first-order valence-corrected chi connectivity index (χ1v) is 4.47. The SMILES string of the molecule is CC(C#N)Cc1nc(CN(C)C)no1. The van der Waals surface area contributed by atoms with Crippen molar-refractivity contribution < 1.29 is 4.52 Å². The quantitative estimate of drug-likeness (QED) is 0.710. The molecule has 0 saturated carbocycles. The largest absolute Gasteiger partial charge is 0.339 e. The first-order chi connectivity index (χ1) is 6.61. The normalized spacial score (nSPS) is 12.8. The third-order valence-corrected chi connectivity index (χ3v) is 1.67. The molecular weight excluding hydrogens is 180 g/mol. The molecule has 0 aromatic carbocycles. The summed E-state index contributed by atoms with van der Waals surface area (Å²) in [6.45, 7) is 2.49. The summed E-state index contributed by atoms with van der Waals surface area (Å²) in [7, 11) is 3.88. The fourth-order valence-corrected chi connectivity index (χ4v) is 1.03.